The summed E-state index contributed by atoms with van der Waals surface area (Å²) < 4.78 is 0. The second kappa shape index (κ2) is 12.2. The molecular formula is C23H29IN4O2. The lowest BCUT2D eigenvalue weighted by Crippen LogP contribution is -2.43. The number of nitrogens with zero attached hydrogens (tertiary/aromatic N) is 2. The van der Waals surface area contributed by atoms with Crippen LogP contribution in [0.3, 0.4) is 0 Å². The van der Waals surface area contributed by atoms with Gasteiger partial charge >= 0.3 is 0 Å². The van der Waals surface area contributed by atoms with Gasteiger partial charge in [0.1, 0.15) is 5.75 Å². The summed E-state index contributed by atoms with van der Waals surface area (Å²) in [7, 11) is 0. The highest BCUT2D eigenvalue weighted by molar-refractivity contribution is 14.0. The minimum Gasteiger partial charge on any atom is -0.508 e. The molecule has 0 spiro atoms. The van der Waals surface area contributed by atoms with Crippen molar-refractivity contribution in [3.8, 4) is 5.75 Å². The third-order valence-electron chi connectivity index (χ3n) is 4.78. The number of hydrogen-bond donors (Lipinski definition) is 3. The van der Waals surface area contributed by atoms with Crippen LogP contribution in [0.2, 0.25) is 0 Å². The summed E-state index contributed by atoms with van der Waals surface area (Å²) in [6.45, 7) is 5.52. The summed E-state index contributed by atoms with van der Waals surface area (Å²) in [5, 5.41) is 15.5. The number of rotatable bonds is 6. The van der Waals surface area contributed by atoms with E-state index in [0.717, 1.165) is 32.0 Å². The average molecular weight is 520 g/mol. The van der Waals surface area contributed by atoms with E-state index in [1.54, 1.807) is 12.1 Å². The van der Waals surface area contributed by atoms with Crippen LogP contribution in [-0.2, 0) is 0 Å². The number of carbonyl (C=O) groups is 1. The van der Waals surface area contributed by atoms with Crippen molar-refractivity contribution in [1.29, 1.82) is 0 Å². The van der Waals surface area contributed by atoms with Crippen LogP contribution in [0.15, 0.2) is 65.7 Å². The lowest BCUT2D eigenvalue weighted by molar-refractivity contribution is 0.0955. The van der Waals surface area contributed by atoms with Gasteiger partial charge in [-0.2, -0.15) is 0 Å². The first kappa shape index (κ1) is 23.7. The molecule has 3 rings (SSSR count). The predicted molar refractivity (Wildman–Crippen MR) is 132 cm³/mol. The summed E-state index contributed by atoms with van der Waals surface area (Å²) in [6.07, 6.45) is 3.24. The van der Waals surface area contributed by atoms with Gasteiger partial charge in [0.2, 0.25) is 0 Å². The van der Waals surface area contributed by atoms with Crippen LogP contribution in [0.5, 0.6) is 5.75 Å². The lowest BCUT2D eigenvalue weighted by Gasteiger charge is -2.30. The van der Waals surface area contributed by atoms with Crippen molar-refractivity contribution in [3.05, 3.63) is 71.8 Å². The Morgan fingerprint density at radius 2 is 1.83 bits per heavy atom. The van der Waals surface area contributed by atoms with Crippen molar-refractivity contribution in [3.63, 3.8) is 0 Å². The van der Waals surface area contributed by atoms with Crippen LogP contribution < -0.4 is 10.6 Å². The van der Waals surface area contributed by atoms with Crippen LogP contribution in [0, 0.1) is 0 Å². The number of benzene rings is 2. The molecule has 1 aliphatic heterocycles. The summed E-state index contributed by atoms with van der Waals surface area (Å²) in [4.78, 5) is 19.0. The van der Waals surface area contributed by atoms with Crippen LogP contribution in [0.4, 0.5) is 0 Å². The fourth-order valence-electron chi connectivity index (χ4n) is 3.25. The maximum Gasteiger partial charge on any atom is 0.251 e. The first-order valence-electron chi connectivity index (χ1n) is 10.0. The van der Waals surface area contributed by atoms with E-state index in [0.29, 0.717) is 18.7 Å². The minimum atomic E-state index is -0.168. The summed E-state index contributed by atoms with van der Waals surface area (Å²) in [6, 6.07) is 16.7. The molecule has 0 atom stereocenters. The number of phenolic OH excluding ortho intramolecular Hbond substituents is 1. The van der Waals surface area contributed by atoms with Crippen LogP contribution in [0.25, 0.3) is 5.57 Å². The molecule has 0 aromatic heterocycles. The van der Waals surface area contributed by atoms with Gasteiger partial charge in [-0.05, 0) is 48.7 Å². The normalized spacial score (nSPS) is 13.8. The quantitative estimate of drug-likeness (QED) is 0.236. The third kappa shape index (κ3) is 6.76. The Bertz CT molecular complexity index is 867. The lowest BCUT2D eigenvalue weighted by atomic mass is 10.00. The topological polar surface area (TPSA) is 77.0 Å². The maximum absolute atomic E-state index is 12.1. The molecule has 2 aromatic rings. The second-order valence-corrected chi connectivity index (χ2v) is 6.83. The van der Waals surface area contributed by atoms with E-state index >= 15 is 0 Å². The number of aliphatic imine (C=N–C) groups is 1. The van der Waals surface area contributed by atoms with Gasteiger partial charge in [0.05, 0.1) is 6.54 Å². The first-order valence-corrected chi connectivity index (χ1v) is 10.0. The van der Waals surface area contributed by atoms with E-state index in [1.807, 2.05) is 6.07 Å². The number of carbonyl (C=O) groups excluding carboxylic acids is 1. The van der Waals surface area contributed by atoms with Gasteiger partial charge in [0.25, 0.3) is 5.91 Å². The Balaban J connectivity index is 0.00000320. The van der Waals surface area contributed by atoms with E-state index < -0.39 is 0 Å². The maximum atomic E-state index is 12.1. The van der Waals surface area contributed by atoms with Gasteiger partial charge < -0.3 is 20.6 Å². The molecule has 1 heterocycles. The molecule has 0 radical (unpaired) electrons. The smallest absolute Gasteiger partial charge is 0.251 e. The van der Waals surface area contributed by atoms with Gasteiger partial charge in [-0.25, -0.2) is 0 Å². The molecule has 160 valence electrons. The number of phenols is 1. The highest BCUT2D eigenvalue weighted by Gasteiger charge is 2.16. The first-order chi connectivity index (χ1) is 14.2. The Morgan fingerprint density at radius 3 is 2.47 bits per heavy atom. The summed E-state index contributed by atoms with van der Waals surface area (Å²) in [5.41, 5.74) is 3.18. The molecule has 30 heavy (non-hydrogen) atoms. The monoisotopic (exact) mass is 520 g/mol. The molecule has 1 aliphatic rings. The van der Waals surface area contributed by atoms with Crippen molar-refractivity contribution < 1.29 is 9.90 Å². The molecular weight excluding hydrogens is 491 g/mol. The van der Waals surface area contributed by atoms with Crippen LogP contribution in [-0.4, -0.2) is 54.6 Å². The molecule has 3 N–H and O–H groups in total. The van der Waals surface area contributed by atoms with Crippen molar-refractivity contribution in [2.45, 2.75) is 13.3 Å². The van der Waals surface area contributed by atoms with Crippen molar-refractivity contribution in [2.24, 2.45) is 4.99 Å². The number of guanidine groups is 1. The Morgan fingerprint density at radius 1 is 1.10 bits per heavy atom. The van der Waals surface area contributed by atoms with Gasteiger partial charge in [-0.1, -0.05) is 36.4 Å². The van der Waals surface area contributed by atoms with Gasteiger partial charge in [-0.3, -0.25) is 9.79 Å². The standard InChI is InChI=1S/C23H28N4O2.HI/c1-2-24-23(26-15-14-25-22(29)20-8-10-21(28)11-9-20)27-16-12-19(13-17-27)18-6-4-3-5-7-18;/h3-12,28H,2,13-17H2,1H3,(H,24,26)(H,25,29);1H. The molecule has 2 aromatic carbocycles. The summed E-state index contributed by atoms with van der Waals surface area (Å²) in [5.74, 6) is 0.848. The SMILES string of the molecule is CCNC(=NCCNC(=O)c1ccc(O)cc1)N1CC=C(c2ccccc2)CC1.I. The number of nitrogens with one attached hydrogen (secondary N) is 2. The number of aromatic hydroxyl groups is 1. The molecule has 6 nitrogen and oxygen atoms in total. The van der Waals surface area contributed by atoms with Crippen LogP contribution in [0.1, 0.15) is 29.3 Å². The average Bonchev–Trinajstić information content (AvgIpc) is 2.77. The van der Waals surface area contributed by atoms with Crippen molar-refractivity contribution >= 4 is 41.4 Å². The molecule has 0 fully saturated rings. The highest BCUT2D eigenvalue weighted by Crippen LogP contribution is 2.21. The molecule has 0 aliphatic carbocycles. The van der Waals surface area contributed by atoms with Gasteiger partial charge in [-0.15, -0.1) is 24.0 Å². The zero-order valence-electron chi connectivity index (χ0n) is 17.2. The number of halogens is 1. The Hall–Kier alpha value is -2.55. The van der Waals surface area contributed by atoms with Gasteiger partial charge in [0.15, 0.2) is 5.96 Å². The Kier molecular flexibility index (Phi) is 9.66. The number of hydrogen-bond acceptors (Lipinski definition) is 3. The fourth-order valence-corrected chi connectivity index (χ4v) is 3.25. The third-order valence-corrected chi connectivity index (χ3v) is 4.78. The zero-order valence-corrected chi connectivity index (χ0v) is 19.5. The van der Waals surface area contributed by atoms with Crippen molar-refractivity contribution in [1.82, 2.24) is 15.5 Å². The minimum absolute atomic E-state index is 0. The highest BCUT2D eigenvalue weighted by atomic mass is 127. The van der Waals surface area contributed by atoms with Gasteiger partial charge in [0, 0.05) is 31.7 Å². The second-order valence-electron chi connectivity index (χ2n) is 6.83. The summed E-state index contributed by atoms with van der Waals surface area (Å²) >= 11 is 0. The molecule has 0 unspecified atom stereocenters. The van der Waals surface area contributed by atoms with E-state index in [4.69, 9.17) is 0 Å². The number of amides is 1. The molecule has 1 amide bonds. The molecule has 0 bridgehead atoms. The molecule has 7 heteroatoms. The van der Waals surface area contributed by atoms with Crippen molar-refractivity contribution in [2.75, 3.05) is 32.7 Å². The largest absolute Gasteiger partial charge is 0.508 e. The predicted octanol–water partition coefficient (Wildman–Crippen LogP) is 3.49. The fraction of sp³-hybridized carbons (Fsp3) is 0.304. The van der Waals surface area contributed by atoms with E-state index in [-0.39, 0.29) is 35.6 Å². The molecule has 0 saturated carbocycles. The van der Waals surface area contributed by atoms with E-state index in [1.165, 1.54) is 23.3 Å². The molecule has 0 saturated heterocycles. The van der Waals surface area contributed by atoms with E-state index in [9.17, 15) is 9.90 Å². The zero-order chi connectivity index (χ0) is 20.5. The van der Waals surface area contributed by atoms with Crippen LogP contribution >= 0.6 is 24.0 Å². The van der Waals surface area contributed by atoms with E-state index in [2.05, 4.69) is 57.8 Å². The Labute approximate surface area is 195 Å².